The minimum Gasteiger partial charge on any atom is -0.448 e. The summed E-state index contributed by atoms with van der Waals surface area (Å²) < 4.78 is 45.1. The Morgan fingerprint density at radius 2 is 1.81 bits per heavy atom. The molecule has 0 saturated carbocycles. The van der Waals surface area contributed by atoms with Crippen molar-refractivity contribution in [2.45, 2.75) is 84.4 Å². The zero-order valence-corrected chi connectivity index (χ0v) is 26.3. The number of nitrogens with one attached hydrogen (secondary N) is 3. The molecular weight excluding hydrogens is 569 g/mol. The maximum Gasteiger partial charge on any atom is 0.389 e. The van der Waals surface area contributed by atoms with E-state index < -0.39 is 29.8 Å². The number of alkyl halides is 3. The van der Waals surface area contributed by atoms with Crippen LogP contribution < -0.4 is 25.6 Å². The predicted molar refractivity (Wildman–Crippen MR) is 157 cm³/mol. The van der Waals surface area contributed by atoms with Crippen molar-refractivity contribution in [3.05, 3.63) is 17.7 Å². The van der Waals surface area contributed by atoms with E-state index in [-0.39, 0.29) is 53.9 Å². The first-order chi connectivity index (χ1) is 20.0. The minimum absolute atomic E-state index is 0.198. The van der Waals surface area contributed by atoms with E-state index in [1.165, 1.54) is 25.1 Å². The lowest BCUT2D eigenvalue weighted by Crippen LogP contribution is -2.70. The SMILES string of the molecule is CNc1cc2c(cc1C(=O)N(C(C)C)[C@@H]1CCCN(OC(=O)C(C)(C)C)C1)N(CCCC(F)(F)F)C(=O)C(NC)(NC)O2. The number of anilines is 2. The number of fused-ring (bicyclic) bond motifs is 1. The number of carbonyl (C=O) groups excluding carboxylic acids is 3. The third kappa shape index (κ3) is 7.71. The number of likely N-dealkylation sites (N-methyl/N-ethyl adjacent to an activating group) is 2. The first-order valence-electron chi connectivity index (χ1n) is 14.6. The molecule has 0 spiro atoms. The van der Waals surface area contributed by atoms with Gasteiger partial charge in [-0.1, -0.05) is 0 Å². The van der Waals surface area contributed by atoms with Crippen LogP contribution in [0.3, 0.4) is 0 Å². The summed E-state index contributed by atoms with van der Waals surface area (Å²) in [6.45, 7) is 9.72. The molecule has 3 N–H and O–H groups in total. The van der Waals surface area contributed by atoms with Crippen molar-refractivity contribution >= 4 is 29.2 Å². The highest BCUT2D eigenvalue weighted by Crippen LogP contribution is 2.41. The predicted octanol–water partition coefficient (Wildman–Crippen LogP) is 3.71. The molecule has 43 heavy (non-hydrogen) atoms. The summed E-state index contributed by atoms with van der Waals surface area (Å²) in [5.41, 5.74) is 0.169. The van der Waals surface area contributed by atoms with Gasteiger partial charge < -0.3 is 24.7 Å². The Balaban J connectivity index is 2.00. The number of rotatable bonds is 10. The van der Waals surface area contributed by atoms with Gasteiger partial charge >= 0.3 is 18.1 Å². The van der Waals surface area contributed by atoms with Crippen LogP contribution in [0.4, 0.5) is 24.5 Å². The van der Waals surface area contributed by atoms with Gasteiger partial charge in [-0.3, -0.25) is 20.2 Å². The molecule has 11 nitrogen and oxygen atoms in total. The Kier molecular flexibility index (Phi) is 10.6. The van der Waals surface area contributed by atoms with Crippen molar-refractivity contribution in [1.29, 1.82) is 0 Å². The van der Waals surface area contributed by atoms with Gasteiger partial charge in [0.15, 0.2) is 0 Å². The van der Waals surface area contributed by atoms with Gasteiger partial charge in [0.2, 0.25) is 0 Å². The van der Waals surface area contributed by atoms with Crippen LogP contribution in [0.15, 0.2) is 12.1 Å². The van der Waals surface area contributed by atoms with Crippen molar-refractivity contribution in [2.75, 3.05) is 51.0 Å². The maximum atomic E-state index is 14.3. The second-order valence-electron chi connectivity index (χ2n) is 12.2. The quantitative estimate of drug-likeness (QED) is 0.340. The van der Waals surface area contributed by atoms with Crippen LogP contribution in [0.5, 0.6) is 5.75 Å². The third-order valence-corrected chi connectivity index (χ3v) is 7.61. The summed E-state index contributed by atoms with van der Waals surface area (Å²) in [6.07, 6.45) is -4.40. The highest BCUT2D eigenvalue weighted by Gasteiger charge is 2.48. The van der Waals surface area contributed by atoms with Gasteiger partial charge in [0, 0.05) is 44.7 Å². The average molecular weight is 615 g/mol. The van der Waals surface area contributed by atoms with E-state index in [0.717, 1.165) is 0 Å². The smallest absolute Gasteiger partial charge is 0.389 e. The van der Waals surface area contributed by atoms with Crippen LogP contribution in [0.25, 0.3) is 0 Å². The molecule has 1 aromatic rings. The molecular formula is C29H45F3N6O5. The highest BCUT2D eigenvalue weighted by molar-refractivity contribution is 6.06. The van der Waals surface area contributed by atoms with E-state index in [1.54, 1.807) is 43.8 Å². The molecule has 1 aromatic carbocycles. The Labute approximate surface area is 251 Å². The zero-order valence-electron chi connectivity index (χ0n) is 26.3. The molecule has 2 amide bonds. The Morgan fingerprint density at radius 3 is 2.35 bits per heavy atom. The van der Waals surface area contributed by atoms with Gasteiger partial charge in [-0.05, 0) is 74.0 Å². The second kappa shape index (κ2) is 13.3. The van der Waals surface area contributed by atoms with Crippen molar-refractivity contribution < 1.29 is 37.1 Å². The Hall–Kier alpha value is -3.10. The molecule has 14 heteroatoms. The van der Waals surface area contributed by atoms with Gasteiger partial charge in [0.25, 0.3) is 11.8 Å². The van der Waals surface area contributed by atoms with Crippen LogP contribution in [0, 0.1) is 5.41 Å². The van der Waals surface area contributed by atoms with Crippen LogP contribution >= 0.6 is 0 Å². The number of benzene rings is 1. The van der Waals surface area contributed by atoms with Gasteiger partial charge in [0.1, 0.15) is 5.75 Å². The lowest BCUT2D eigenvalue weighted by Gasteiger charge is -2.43. The first-order valence-corrected chi connectivity index (χ1v) is 14.6. The molecule has 0 bridgehead atoms. The van der Waals surface area contributed by atoms with E-state index in [0.29, 0.717) is 31.6 Å². The summed E-state index contributed by atoms with van der Waals surface area (Å²) in [7, 11) is 4.64. The topological polar surface area (TPSA) is 115 Å². The molecule has 0 aliphatic carbocycles. The molecule has 242 valence electrons. The Morgan fingerprint density at radius 1 is 1.16 bits per heavy atom. The van der Waals surface area contributed by atoms with Gasteiger partial charge in [-0.15, -0.1) is 5.06 Å². The first kappa shape index (κ1) is 34.4. The standard InChI is InChI=1S/C29H45F3N6O5/c1-18(2)38(19-11-9-13-36(17-19)43-26(41)27(3,4)5)24(39)20-15-22-23(16-21(20)33-6)42-29(34-7,35-8)25(40)37(22)14-10-12-28(30,31)32/h15-16,18-19,33-35H,9-14,17H2,1-8H3/t19-/m1/s1. The van der Waals surface area contributed by atoms with E-state index in [9.17, 15) is 27.6 Å². The van der Waals surface area contributed by atoms with Crippen molar-refractivity contribution in [1.82, 2.24) is 20.6 Å². The molecule has 1 saturated heterocycles. The zero-order chi connectivity index (χ0) is 32.3. The van der Waals surface area contributed by atoms with Crippen molar-refractivity contribution in [2.24, 2.45) is 5.41 Å². The van der Waals surface area contributed by atoms with Gasteiger partial charge in [-0.25, -0.2) is 4.79 Å². The number of ether oxygens (including phenoxy) is 1. The van der Waals surface area contributed by atoms with Crippen LogP contribution in [0.1, 0.15) is 70.7 Å². The number of nitrogens with zero attached hydrogens (tertiary/aromatic N) is 3. The molecule has 3 rings (SSSR count). The van der Waals surface area contributed by atoms with Crippen LogP contribution in [-0.4, -0.2) is 92.6 Å². The number of halogens is 3. The molecule has 0 unspecified atom stereocenters. The number of amides is 2. The normalized spacial score (nSPS) is 19.1. The summed E-state index contributed by atoms with van der Waals surface area (Å²) in [6, 6.07) is 2.56. The number of carbonyl (C=O) groups is 3. The van der Waals surface area contributed by atoms with Crippen molar-refractivity contribution in [3.8, 4) is 5.75 Å². The minimum atomic E-state index is -4.38. The Bertz CT molecular complexity index is 1180. The average Bonchev–Trinajstić information content (AvgIpc) is 2.92. The molecule has 2 aliphatic rings. The maximum absolute atomic E-state index is 14.3. The monoisotopic (exact) mass is 614 g/mol. The fraction of sp³-hybridized carbons (Fsp3) is 0.690. The molecule has 1 atom stereocenters. The van der Waals surface area contributed by atoms with Crippen molar-refractivity contribution in [3.63, 3.8) is 0 Å². The van der Waals surface area contributed by atoms with E-state index in [4.69, 9.17) is 9.57 Å². The van der Waals surface area contributed by atoms with E-state index >= 15 is 0 Å². The number of hydroxylamine groups is 2. The number of piperidine rings is 1. The lowest BCUT2D eigenvalue weighted by atomic mass is 9.97. The molecule has 1 fully saturated rings. The lowest BCUT2D eigenvalue weighted by molar-refractivity contribution is -0.208. The third-order valence-electron chi connectivity index (χ3n) is 7.61. The molecule has 0 radical (unpaired) electrons. The number of hydrogen-bond acceptors (Lipinski definition) is 9. The highest BCUT2D eigenvalue weighted by atomic mass is 19.4. The van der Waals surface area contributed by atoms with Crippen LogP contribution in [-0.2, 0) is 14.4 Å². The largest absolute Gasteiger partial charge is 0.448 e. The summed E-state index contributed by atoms with van der Waals surface area (Å²) in [5, 5.41) is 10.2. The fourth-order valence-electron chi connectivity index (χ4n) is 5.30. The van der Waals surface area contributed by atoms with Gasteiger partial charge in [-0.2, -0.15) is 13.2 Å². The van der Waals surface area contributed by atoms with Crippen LogP contribution in [0.2, 0.25) is 0 Å². The molecule has 2 heterocycles. The number of hydrogen-bond donors (Lipinski definition) is 3. The summed E-state index contributed by atoms with van der Waals surface area (Å²) in [4.78, 5) is 49.0. The summed E-state index contributed by atoms with van der Waals surface area (Å²) in [5.74, 6) is -2.82. The second-order valence-corrected chi connectivity index (χ2v) is 12.2. The fourth-order valence-corrected chi connectivity index (χ4v) is 5.30. The molecule has 2 aliphatic heterocycles. The van der Waals surface area contributed by atoms with E-state index in [2.05, 4.69) is 16.0 Å². The summed E-state index contributed by atoms with van der Waals surface area (Å²) >= 11 is 0. The molecule has 0 aromatic heterocycles. The van der Waals surface area contributed by atoms with E-state index in [1.807, 2.05) is 13.8 Å². The van der Waals surface area contributed by atoms with Gasteiger partial charge in [0.05, 0.1) is 28.9 Å².